The molecule has 0 saturated heterocycles. The van der Waals surface area contributed by atoms with Gasteiger partial charge < -0.3 is 24.8 Å². The zero-order valence-corrected chi connectivity index (χ0v) is 22.5. The van der Waals surface area contributed by atoms with Crippen molar-refractivity contribution in [3.05, 3.63) is 80.7 Å². The molecule has 0 unspecified atom stereocenters. The monoisotopic (exact) mass is 550 g/mol. The van der Waals surface area contributed by atoms with E-state index in [4.69, 9.17) is 14.2 Å². The highest BCUT2D eigenvalue weighted by molar-refractivity contribution is 7.19. The second kappa shape index (κ2) is 11.8. The van der Waals surface area contributed by atoms with Crippen LogP contribution in [0.15, 0.2) is 53.3 Å². The number of amides is 2. The second-order valence-electron chi connectivity index (χ2n) is 8.32. The van der Waals surface area contributed by atoms with E-state index in [-0.39, 0.29) is 21.2 Å². The minimum atomic E-state index is -0.722. The van der Waals surface area contributed by atoms with Crippen molar-refractivity contribution in [2.24, 2.45) is 0 Å². The molecule has 2 amide bonds. The van der Waals surface area contributed by atoms with Gasteiger partial charge in [-0.2, -0.15) is 0 Å². The Morgan fingerprint density at radius 1 is 0.974 bits per heavy atom. The van der Waals surface area contributed by atoms with E-state index in [1.54, 1.807) is 37.3 Å². The first-order valence-electron chi connectivity index (χ1n) is 11.9. The topological polar surface area (TPSA) is 137 Å². The van der Waals surface area contributed by atoms with Crippen molar-refractivity contribution in [2.75, 3.05) is 31.5 Å². The summed E-state index contributed by atoms with van der Waals surface area (Å²) in [5.74, 6) is -0.998. The zero-order valence-electron chi connectivity index (χ0n) is 21.7. The molecule has 4 rings (SSSR count). The van der Waals surface area contributed by atoms with Crippen molar-refractivity contribution in [3.8, 4) is 11.5 Å². The number of fused-ring (bicyclic) bond motifs is 1. The molecular formula is C27H26N4O7S. The first-order valence-corrected chi connectivity index (χ1v) is 12.7. The van der Waals surface area contributed by atoms with Gasteiger partial charge >= 0.3 is 5.97 Å². The summed E-state index contributed by atoms with van der Waals surface area (Å²) in [6.07, 6.45) is 0.701. The van der Waals surface area contributed by atoms with Crippen LogP contribution in [0.3, 0.4) is 0 Å². The maximum atomic E-state index is 13.6. The van der Waals surface area contributed by atoms with Gasteiger partial charge in [0.2, 0.25) is 0 Å². The van der Waals surface area contributed by atoms with Crippen LogP contribution in [0.1, 0.15) is 49.6 Å². The lowest BCUT2D eigenvalue weighted by Gasteiger charge is -2.12. The Hall–Kier alpha value is -4.71. The third-order valence-electron chi connectivity index (χ3n) is 5.54. The maximum absolute atomic E-state index is 13.6. The number of esters is 1. The summed E-state index contributed by atoms with van der Waals surface area (Å²) in [5.41, 5.74) is 0.746. The summed E-state index contributed by atoms with van der Waals surface area (Å²) in [5, 5.41) is 5.43. The number of benzene rings is 2. The van der Waals surface area contributed by atoms with Crippen LogP contribution in [0.4, 0.5) is 11.4 Å². The van der Waals surface area contributed by atoms with Gasteiger partial charge in [-0.05, 0) is 49.7 Å². The van der Waals surface area contributed by atoms with E-state index < -0.39 is 23.3 Å². The van der Waals surface area contributed by atoms with Crippen LogP contribution in [0.2, 0.25) is 0 Å². The Balaban J connectivity index is 1.70. The summed E-state index contributed by atoms with van der Waals surface area (Å²) in [4.78, 5) is 56.4. The predicted molar refractivity (Wildman–Crippen MR) is 147 cm³/mol. The van der Waals surface area contributed by atoms with E-state index in [0.29, 0.717) is 41.5 Å². The molecule has 39 heavy (non-hydrogen) atoms. The SMILES string of the molecule is CCCOC(=O)c1ccc(NC(=O)c2sc3nc(C)cc(=O)n3c2C(=O)Nc2cc(OC)ccc2OC)cc1. The van der Waals surface area contributed by atoms with Crippen LogP contribution < -0.4 is 25.7 Å². The van der Waals surface area contributed by atoms with Crippen LogP contribution in [0, 0.1) is 6.92 Å². The fraction of sp³-hybridized carbons (Fsp3) is 0.222. The first-order chi connectivity index (χ1) is 18.7. The van der Waals surface area contributed by atoms with Crippen molar-refractivity contribution in [2.45, 2.75) is 20.3 Å². The molecule has 2 aromatic carbocycles. The fourth-order valence-electron chi connectivity index (χ4n) is 3.69. The Morgan fingerprint density at radius 2 is 1.72 bits per heavy atom. The normalized spacial score (nSPS) is 10.7. The number of aryl methyl sites for hydroxylation is 1. The molecule has 0 spiro atoms. The predicted octanol–water partition coefficient (Wildman–Crippen LogP) is 4.15. The van der Waals surface area contributed by atoms with Gasteiger partial charge in [-0.15, -0.1) is 0 Å². The van der Waals surface area contributed by atoms with Crippen LogP contribution >= 0.6 is 11.3 Å². The van der Waals surface area contributed by atoms with Gasteiger partial charge in [0.15, 0.2) is 4.96 Å². The number of rotatable bonds is 9. The van der Waals surface area contributed by atoms with E-state index >= 15 is 0 Å². The minimum absolute atomic E-state index is 0.0315. The van der Waals surface area contributed by atoms with Gasteiger partial charge in [0.05, 0.1) is 32.1 Å². The van der Waals surface area contributed by atoms with Gasteiger partial charge in [-0.1, -0.05) is 18.3 Å². The number of hydrogen-bond acceptors (Lipinski definition) is 9. The molecule has 12 heteroatoms. The highest BCUT2D eigenvalue weighted by Crippen LogP contribution is 2.30. The third-order valence-corrected chi connectivity index (χ3v) is 6.58. The molecule has 0 fully saturated rings. The van der Waals surface area contributed by atoms with Crippen LogP contribution in [-0.2, 0) is 4.74 Å². The number of thiazole rings is 1. The highest BCUT2D eigenvalue weighted by atomic mass is 32.1. The summed E-state index contributed by atoms with van der Waals surface area (Å²) in [6, 6.07) is 12.3. The number of carbonyl (C=O) groups excluding carboxylic acids is 3. The van der Waals surface area contributed by atoms with Gasteiger partial charge in [-0.25, -0.2) is 14.2 Å². The lowest BCUT2D eigenvalue weighted by atomic mass is 10.2. The van der Waals surface area contributed by atoms with E-state index in [1.807, 2.05) is 6.92 Å². The quantitative estimate of drug-likeness (QED) is 0.297. The van der Waals surface area contributed by atoms with Gasteiger partial charge in [0.1, 0.15) is 22.1 Å². The molecule has 202 valence electrons. The number of methoxy groups -OCH3 is 2. The van der Waals surface area contributed by atoms with E-state index in [2.05, 4.69) is 15.6 Å². The average Bonchev–Trinajstić information content (AvgIpc) is 3.32. The van der Waals surface area contributed by atoms with Gasteiger partial charge in [-0.3, -0.25) is 14.4 Å². The molecule has 11 nitrogen and oxygen atoms in total. The highest BCUT2D eigenvalue weighted by Gasteiger charge is 2.27. The summed E-state index contributed by atoms with van der Waals surface area (Å²) >= 11 is 0.902. The standard InChI is InChI=1S/C27H26N4O7S/c1-5-12-38-26(35)16-6-8-17(9-7-16)29-25(34)23-22(31-21(32)13-15(2)28-27(31)39-23)24(33)30-19-14-18(36-3)10-11-20(19)37-4/h6-11,13-14H,5,12H2,1-4H3,(H,29,34)(H,30,33). The van der Waals surface area contributed by atoms with Crippen molar-refractivity contribution in [3.63, 3.8) is 0 Å². The Kier molecular flexibility index (Phi) is 8.25. The number of nitrogens with one attached hydrogen (secondary N) is 2. The van der Waals surface area contributed by atoms with Crippen molar-refractivity contribution < 1.29 is 28.6 Å². The van der Waals surface area contributed by atoms with Crippen LogP contribution in [0.5, 0.6) is 11.5 Å². The lowest BCUT2D eigenvalue weighted by Crippen LogP contribution is -2.25. The molecule has 2 heterocycles. The molecule has 4 aromatic rings. The number of ether oxygens (including phenoxy) is 3. The zero-order chi connectivity index (χ0) is 28.1. The molecule has 2 aromatic heterocycles. The Labute approximate surface area is 227 Å². The molecule has 0 aliphatic heterocycles. The van der Waals surface area contributed by atoms with Crippen LogP contribution in [0.25, 0.3) is 4.96 Å². The van der Waals surface area contributed by atoms with Gasteiger partial charge in [0, 0.05) is 23.5 Å². The van der Waals surface area contributed by atoms with Crippen molar-refractivity contribution in [1.82, 2.24) is 9.38 Å². The molecular weight excluding hydrogens is 524 g/mol. The smallest absolute Gasteiger partial charge is 0.338 e. The molecule has 0 atom stereocenters. The fourth-order valence-corrected chi connectivity index (χ4v) is 4.76. The third kappa shape index (κ3) is 5.91. The average molecular weight is 551 g/mol. The molecule has 0 saturated carbocycles. The van der Waals surface area contributed by atoms with Gasteiger partial charge in [0.25, 0.3) is 17.4 Å². The molecule has 0 bridgehead atoms. The van der Waals surface area contributed by atoms with Crippen molar-refractivity contribution in [1.29, 1.82) is 0 Å². The summed E-state index contributed by atoms with van der Waals surface area (Å²) < 4.78 is 16.8. The van der Waals surface area contributed by atoms with E-state index in [0.717, 1.165) is 15.7 Å². The van der Waals surface area contributed by atoms with Crippen LogP contribution in [-0.4, -0.2) is 48.0 Å². The largest absolute Gasteiger partial charge is 0.497 e. The molecule has 0 radical (unpaired) electrons. The lowest BCUT2D eigenvalue weighted by molar-refractivity contribution is 0.0505. The number of hydrogen-bond donors (Lipinski definition) is 2. The summed E-state index contributed by atoms with van der Waals surface area (Å²) in [7, 11) is 2.93. The number of anilines is 2. The summed E-state index contributed by atoms with van der Waals surface area (Å²) in [6.45, 7) is 3.85. The molecule has 0 aliphatic rings. The number of carbonyl (C=O) groups is 3. The molecule has 2 N–H and O–H groups in total. The molecule has 0 aliphatic carbocycles. The maximum Gasteiger partial charge on any atom is 0.338 e. The number of aromatic nitrogens is 2. The Bertz CT molecular complexity index is 1610. The minimum Gasteiger partial charge on any atom is -0.497 e. The van der Waals surface area contributed by atoms with E-state index in [9.17, 15) is 19.2 Å². The van der Waals surface area contributed by atoms with E-state index in [1.165, 1.54) is 32.4 Å². The Morgan fingerprint density at radius 3 is 2.38 bits per heavy atom. The number of nitrogens with zero attached hydrogens (tertiary/aromatic N) is 2. The first kappa shape index (κ1) is 27.3. The second-order valence-corrected chi connectivity index (χ2v) is 9.30. The van der Waals surface area contributed by atoms with Crippen molar-refractivity contribution >= 4 is 45.5 Å².